The molecule has 1 aromatic carbocycles. The summed E-state index contributed by atoms with van der Waals surface area (Å²) in [5.41, 5.74) is 3.53. The number of morpholine rings is 1. The average molecular weight is 485 g/mol. The summed E-state index contributed by atoms with van der Waals surface area (Å²) in [6, 6.07) is 4.97. The molecule has 3 aliphatic rings. The zero-order valence-corrected chi connectivity index (χ0v) is 20.2. The lowest BCUT2D eigenvalue weighted by Crippen LogP contribution is -2.37. The molecule has 0 bridgehead atoms. The third kappa shape index (κ3) is 5.51. The van der Waals surface area contributed by atoms with Crippen LogP contribution < -0.4 is 15.0 Å². The van der Waals surface area contributed by atoms with Crippen LogP contribution in [0.3, 0.4) is 0 Å². The summed E-state index contributed by atoms with van der Waals surface area (Å²) < 4.78 is 32.1. The van der Waals surface area contributed by atoms with Gasteiger partial charge in [-0.15, -0.1) is 0 Å². The molecule has 5 rings (SSSR count). The predicted octanol–water partition coefficient (Wildman–Crippen LogP) is 4.22. The van der Waals surface area contributed by atoms with Gasteiger partial charge >= 0.3 is 6.03 Å². The first kappa shape index (κ1) is 23.8. The SMILES string of the molecule is Cc1cc(F)c(NC(=O)N2CCCC2)cc1-c1cnc(OC2CCOCC2)c(N2CCOCC2)c1. The van der Waals surface area contributed by atoms with Gasteiger partial charge in [0.2, 0.25) is 5.88 Å². The molecule has 1 aromatic heterocycles. The van der Waals surface area contributed by atoms with Gasteiger partial charge in [0.25, 0.3) is 0 Å². The minimum Gasteiger partial charge on any atom is -0.473 e. The van der Waals surface area contributed by atoms with Gasteiger partial charge < -0.3 is 29.3 Å². The van der Waals surface area contributed by atoms with E-state index in [-0.39, 0.29) is 17.8 Å². The summed E-state index contributed by atoms with van der Waals surface area (Å²) in [4.78, 5) is 21.2. The fraction of sp³-hybridized carbons (Fsp3) is 0.538. The minimum atomic E-state index is -0.445. The Hall–Kier alpha value is -2.91. The maximum atomic E-state index is 14.8. The number of halogens is 1. The molecular formula is C26H33FN4O4. The molecule has 0 saturated carbocycles. The van der Waals surface area contributed by atoms with Gasteiger partial charge in [0.1, 0.15) is 17.6 Å². The fourth-order valence-corrected chi connectivity index (χ4v) is 4.86. The number of hydrogen-bond donors (Lipinski definition) is 1. The summed E-state index contributed by atoms with van der Waals surface area (Å²) in [7, 11) is 0. The summed E-state index contributed by atoms with van der Waals surface area (Å²) in [5, 5.41) is 2.76. The van der Waals surface area contributed by atoms with Crippen LogP contribution in [0.15, 0.2) is 24.4 Å². The summed E-state index contributed by atoms with van der Waals surface area (Å²) >= 11 is 0. The number of benzene rings is 1. The number of hydrogen-bond acceptors (Lipinski definition) is 6. The average Bonchev–Trinajstić information content (AvgIpc) is 3.43. The first-order chi connectivity index (χ1) is 17.1. The van der Waals surface area contributed by atoms with E-state index in [1.807, 2.05) is 6.92 Å². The standard InChI is InChI=1S/C26H33FN4O4/c1-18-14-22(27)23(29-26(32)31-6-2-3-7-31)16-21(18)19-15-24(30-8-12-34-13-9-30)25(28-17-19)35-20-4-10-33-11-5-20/h14-17,20H,2-13H2,1H3,(H,29,32). The number of likely N-dealkylation sites (tertiary alicyclic amines) is 1. The Morgan fingerprint density at radius 2 is 1.77 bits per heavy atom. The van der Waals surface area contributed by atoms with Crippen molar-refractivity contribution >= 4 is 17.4 Å². The summed E-state index contributed by atoms with van der Waals surface area (Å²) in [5.74, 6) is 0.157. The number of urea groups is 1. The highest BCUT2D eigenvalue weighted by Gasteiger charge is 2.24. The van der Waals surface area contributed by atoms with Crippen LogP contribution in [-0.4, -0.2) is 74.6 Å². The maximum Gasteiger partial charge on any atom is 0.321 e. The van der Waals surface area contributed by atoms with Crippen molar-refractivity contribution in [1.29, 1.82) is 0 Å². The lowest BCUT2D eigenvalue weighted by Gasteiger charge is -2.31. The predicted molar refractivity (Wildman–Crippen MR) is 132 cm³/mol. The lowest BCUT2D eigenvalue weighted by molar-refractivity contribution is 0.0238. The van der Waals surface area contributed by atoms with Gasteiger partial charge in [-0.25, -0.2) is 14.2 Å². The summed E-state index contributed by atoms with van der Waals surface area (Å²) in [6.07, 6.45) is 5.47. The first-order valence-corrected chi connectivity index (χ1v) is 12.5. The molecule has 3 saturated heterocycles. The van der Waals surface area contributed by atoms with Gasteiger partial charge in [-0.05, 0) is 49.1 Å². The Morgan fingerprint density at radius 1 is 1.06 bits per heavy atom. The Kier molecular flexibility index (Phi) is 7.34. The molecule has 0 unspecified atom stereocenters. The largest absolute Gasteiger partial charge is 0.473 e. The van der Waals surface area contributed by atoms with E-state index in [1.54, 1.807) is 17.2 Å². The van der Waals surface area contributed by atoms with Crippen LogP contribution in [0.5, 0.6) is 5.88 Å². The van der Waals surface area contributed by atoms with Crippen molar-refractivity contribution in [2.75, 3.05) is 62.8 Å². The van der Waals surface area contributed by atoms with E-state index in [1.165, 1.54) is 6.07 Å². The van der Waals surface area contributed by atoms with Crippen LogP contribution in [0.25, 0.3) is 11.1 Å². The second-order valence-corrected chi connectivity index (χ2v) is 9.35. The number of carbonyl (C=O) groups is 1. The first-order valence-electron chi connectivity index (χ1n) is 12.5. The van der Waals surface area contributed by atoms with E-state index in [0.29, 0.717) is 45.4 Å². The summed E-state index contributed by atoms with van der Waals surface area (Å²) in [6.45, 7) is 7.43. The molecule has 3 aliphatic heterocycles. The van der Waals surface area contributed by atoms with Crippen LogP contribution in [0.1, 0.15) is 31.2 Å². The van der Waals surface area contributed by atoms with E-state index in [2.05, 4.69) is 16.3 Å². The van der Waals surface area contributed by atoms with Crippen molar-refractivity contribution in [2.45, 2.75) is 38.7 Å². The minimum absolute atomic E-state index is 0.0712. The third-order valence-corrected chi connectivity index (χ3v) is 6.89. The van der Waals surface area contributed by atoms with Crippen LogP contribution >= 0.6 is 0 Å². The van der Waals surface area contributed by atoms with Crippen LogP contribution in [0.4, 0.5) is 20.6 Å². The van der Waals surface area contributed by atoms with Crippen molar-refractivity contribution in [3.8, 4) is 17.0 Å². The topological polar surface area (TPSA) is 76.2 Å². The third-order valence-electron chi connectivity index (χ3n) is 6.89. The number of rotatable bonds is 5. The molecule has 35 heavy (non-hydrogen) atoms. The molecule has 0 spiro atoms. The van der Waals surface area contributed by atoms with E-state index in [0.717, 1.165) is 61.2 Å². The monoisotopic (exact) mass is 484 g/mol. The second kappa shape index (κ2) is 10.8. The molecule has 0 atom stereocenters. The molecule has 4 heterocycles. The Labute approximate surface area is 205 Å². The zero-order chi connectivity index (χ0) is 24.2. The van der Waals surface area contributed by atoms with Gasteiger partial charge in [-0.3, -0.25) is 0 Å². The van der Waals surface area contributed by atoms with E-state index in [4.69, 9.17) is 19.2 Å². The second-order valence-electron chi connectivity index (χ2n) is 9.35. The molecule has 2 aromatic rings. The number of amides is 2. The molecule has 9 heteroatoms. The Morgan fingerprint density at radius 3 is 2.51 bits per heavy atom. The van der Waals surface area contributed by atoms with E-state index >= 15 is 0 Å². The molecule has 0 aliphatic carbocycles. The number of nitrogens with one attached hydrogen (secondary N) is 1. The molecular weight excluding hydrogens is 451 g/mol. The normalized spacial score (nSPS) is 19.1. The molecule has 3 fully saturated rings. The van der Waals surface area contributed by atoms with Gasteiger partial charge in [0.05, 0.1) is 32.1 Å². The zero-order valence-electron chi connectivity index (χ0n) is 20.2. The van der Waals surface area contributed by atoms with E-state index < -0.39 is 5.82 Å². The number of anilines is 2. The fourth-order valence-electron chi connectivity index (χ4n) is 4.86. The maximum absolute atomic E-state index is 14.8. The van der Waals surface area contributed by atoms with Crippen molar-refractivity contribution < 1.29 is 23.4 Å². The van der Waals surface area contributed by atoms with Crippen molar-refractivity contribution in [2.24, 2.45) is 0 Å². The van der Waals surface area contributed by atoms with E-state index in [9.17, 15) is 9.18 Å². The van der Waals surface area contributed by atoms with Gasteiger partial charge in [0.15, 0.2) is 0 Å². The van der Waals surface area contributed by atoms with Gasteiger partial charge in [-0.1, -0.05) is 0 Å². The quantitative estimate of drug-likeness (QED) is 0.685. The van der Waals surface area contributed by atoms with Gasteiger partial charge in [0, 0.05) is 50.8 Å². The van der Waals surface area contributed by atoms with Crippen molar-refractivity contribution in [3.05, 3.63) is 35.8 Å². The Balaban J connectivity index is 1.45. The number of pyridine rings is 1. The highest BCUT2D eigenvalue weighted by Crippen LogP contribution is 2.36. The molecule has 2 amide bonds. The highest BCUT2D eigenvalue weighted by molar-refractivity contribution is 5.91. The van der Waals surface area contributed by atoms with Crippen LogP contribution in [0.2, 0.25) is 0 Å². The Bertz CT molecular complexity index is 1050. The number of carbonyl (C=O) groups excluding carboxylic acids is 1. The number of nitrogens with zero attached hydrogens (tertiary/aromatic N) is 3. The highest BCUT2D eigenvalue weighted by atomic mass is 19.1. The number of aromatic nitrogens is 1. The van der Waals surface area contributed by atoms with Crippen LogP contribution in [-0.2, 0) is 9.47 Å². The lowest BCUT2D eigenvalue weighted by atomic mass is 10.00. The molecule has 188 valence electrons. The number of ether oxygens (including phenoxy) is 3. The molecule has 0 radical (unpaired) electrons. The molecule has 8 nitrogen and oxygen atoms in total. The van der Waals surface area contributed by atoms with Crippen molar-refractivity contribution in [3.63, 3.8) is 0 Å². The van der Waals surface area contributed by atoms with Crippen molar-refractivity contribution in [1.82, 2.24) is 9.88 Å². The molecule has 1 N–H and O–H groups in total. The van der Waals surface area contributed by atoms with Crippen LogP contribution in [0, 0.1) is 12.7 Å². The van der Waals surface area contributed by atoms with Gasteiger partial charge in [-0.2, -0.15) is 0 Å². The smallest absolute Gasteiger partial charge is 0.321 e. The number of aryl methyl sites for hydroxylation is 1.